The molecule has 4 nitrogen and oxygen atoms in total. The van der Waals surface area contributed by atoms with Crippen molar-refractivity contribution in [1.29, 1.82) is 0 Å². The quantitative estimate of drug-likeness (QED) is 0.863. The molecule has 0 bridgehead atoms. The zero-order valence-electron chi connectivity index (χ0n) is 14.4. The van der Waals surface area contributed by atoms with Crippen molar-refractivity contribution in [2.24, 2.45) is 5.92 Å². The summed E-state index contributed by atoms with van der Waals surface area (Å²) < 4.78 is 6.13. The van der Waals surface area contributed by atoms with Crippen LogP contribution in [-0.2, 0) is 0 Å². The Balaban J connectivity index is 1.55. The maximum absolute atomic E-state index is 11.0. The van der Waals surface area contributed by atoms with Crippen LogP contribution in [0.5, 0.6) is 5.75 Å². The Morgan fingerprint density at radius 1 is 1.21 bits per heavy atom. The van der Waals surface area contributed by atoms with Gasteiger partial charge in [-0.1, -0.05) is 31.6 Å². The predicted molar refractivity (Wildman–Crippen MR) is 95.3 cm³/mol. The van der Waals surface area contributed by atoms with Crippen molar-refractivity contribution in [2.75, 3.05) is 13.1 Å². The van der Waals surface area contributed by atoms with Gasteiger partial charge >= 0.3 is 6.09 Å². The number of carboxylic acid groups (broad SMARTS) is 1. The molecule has 1 heterocycles. The lowest BCUT2D eigenvalue weighted by Gasteiger charge is -2.28. The Kier molecular flexibility index (Phi) is 5.44. The van der Waals surface area contributed by atoms with Gasteiger partial charge in [-0.2, -0.15) is 0 Å². The Morgan fingerprint density at radius 2 is 1.92 bits per heavy atom. The average molecular weight is 329 g/mol. The minimum Gasteiger partial charge on any atom is -0.490 e. The van der Waals surface area contributed by atoms with E-state index in [4.69, 9.17) is 9.84 Å². The maximum atomic E-state index is 11.0. The molecule has 1 aliphatic carbocycles. The number of ether oxygens (including phenoxy) is 1. The van der Waals surface area contributed by atoms with E-state index in [9.17, 15) is 4.79 Å². The van der Waals surface area contributed by atoms with Gasteiger partial charge < -0.3 is 14.7 Å². The first-order valence-electron chi connectivity index (χ1n) is 9.09. The third kappa shape index (κ3) is 4.11. The average Bonchev–Trinajstić information content (AvgIpc) is 2.63. The second kappa shape index (κ2) is 7.73. The van der Waals surface area contributed by atoms with Gasteiger partial charge in [0.2, 0.25) is 0 Å². The fraction of sp³-hybridized carbons (Fsp3) is 0.550. The van der Waals surface area contributed by atoms with Gasteiger partial charge in [0.1, 0.15) is 5.75 Å². The molecule has 24 heavy (non-hydrogen) atoms. The summed E-state index contributed by atoms with van der Waals surface area (Å²) >= 11 is 0. The number of benzene rings is 1. The van der Waals surface area contributed by atoms with Crippen LogP contribution < -0.4 is 4.74 Å². The van der Waals surface area contributed by atoms with Gasteiger partial charge in [0.25, 0.3) is 0 Å². The molecular weight excluding hydrogens is 302 g/mol. The molecule has 130 valence electrons. The highest BCUT2D eigenvalue weighted by atomic mass is 16.5. The van der Waals surface area contributed by atoms with Gasteiger partial charge in [-0.15, -0.1) is 0 Å². The molecule has 1 amide bonds. The summed E-state index contributed by atoms with van der Waals surface area (Å²) in [4.78, 5) is 12.4. The normalized spacial score (nSPS) is 24.4. The number of carbonyl (C=O) groups is 1. The van der Waals surface area contributed by atoms with Crippen molar-refractivity contribution in [1.82, 2.24) is 4.90 Å². The molecule has 0 unspecified atom stereocenters. The van der Waals surface area contributed by atoms with E-state index < -0.39 is 6.09 Å². The number of hydrogen-bond donors (Lipinski definition) is 1. The standard InChI is InChI=1S/C20H27NO3/c1-2-15-3-7-18(8-4-15)24-19-9-5-16(6-10-19)17-11-13-21(14-12-17)20(22)23/h5-6,9-11,15,18H,2-4,7-8,12-14H2,1H3,(H,22,23)/t15-,18-. The summed E-state index contributed by atoms with van der Waals surface area (Å²) in [5.74, 6) is 1.83. The first-order valence-corrected chi connectivity index (χ1v) is 9.09. The molecule has 3 rings (SSSR count). The van der Waals surface area contributed by atoms with E-state index in [1.165, 1.54) is 35.3 Å². The topological polar surface area (TPSA) is 49.8 Å². The van der Waals surface area contributed by atoms with Crippen molar-refractivity contribution < 1.29 is 14.6 Å². The highest BCUT2D eigenvalue weighted by Gasteiger charge is 2.21. The van der Waals surface area contributed by atoms with Crippen LogP contribution in [0.1, 0.15) is 51.0 Å². The fourth-order valence-corrected chi connectivity index (χ4v) is 3.70. The second-order valence-electron chi connectivity index (χ2n) is 6.90. The van der Waals surface area contributed by atoms with E-state index in [1.807, 2.05) is 18.2 Å². The molecule has 1 aliphatic heterocycles. The van der Waals surface area contributed by atoms with Gasteiger partial charge in [0.15, 0.2) is 0 Å². The third-order valence-corrected chi connectivity index (χ3v) is 5.38. The lowest BCUT2D eigenvalue weighted by molar-refractivity contribution is 0.130. The van der Waals surface area contributed by atoms with Crippen molar-refractivity contribution in [2.45, 2.75) is 51.6 Å². The zero-order chi connectivity index (χ0) is 16.9. The second-order valence-corrected chi connectivity index (χ2v) is 6.90. The van der Waals surface area contributed by atoms with Crippen LogP contribution in [-0.4, -0.2) is 35.3 Å². The number of hydrogen-bond acceptors (Lipinski definition) is 2. The van der Waals surface area contributed by atoms with Crippen molar-refractivity contribution in [3.8, 4) is 5.75 Å². The molecule has 1 saturated carbocycles. The molecule has 0 radical (unpaired) electrons. The van der Waals surface area contributed by atoms with E-state index in [0.717, 1.165) is 30.9 Å². The first kappa shape index (κ1) is 16.9. The molecule has 0 aromatic heterocycles. The summed E-state index contributed by atoms with van der Waals surface area (Å²) in [6.45, 7) is 3.32. The van der Waals surface area contributed by atoms with Crippen LogP contribution in [0.4, 0.5) is 4.79 Å². The summed E-state index contributed by atoms with van der Waals surface area (Å²) in [5.41, 5.74) is 2.39. The van der Waals surface area contributed by atoms with Crippen LogP contribution in [0.25, 0.3) is 5.57 Å². The molecule has 0 saturated heterocycles. The Bertz CT molecular complexity index is 585. The SMILES string of the molecule is CC[C@H]1CC[C@H](Oc2ccc(C3=CCN(C(=O)O)CC3)cc2)CC1. The van der Waals surface area contributed by atoms with Crippen molar-refractivity contribution in [3.63, 3.8) is 0 Å². The number of amides is 1. The lowest BCUT2D eigenvalue weighted by Crippen LogP contribution is -2.33. The van der Waals surface area contributed by atoms with Crippen molar-refractivity contribution >= 4 is 11.7 Å². The van der Waals surface area contributed by atoms with E-state index >= 15 is 0 Å². The minimum atomic E-state index is -0.841. The molecule has 0 atom stereocenters. The zero-order valence-corrected chi connectivity index (χ0v) is 14.4. The molecule has 1 N–H and O–H groups in total. The third-order valence-electron chi connectivity index (χ3n) is 5.38. The molecule has 2 aliphatic rings. The predicted octanol–water partition coefficient (Wildman–Crippen LogP) is 4.80. The monoisotopic (exact) mass is 329 g/mol. The van der Waals surface area contributed by atoms with Crippen LogP contribution in [0.3, 0.4) is 0 Å². The summed E-state index contributed by atoms with van der Waals surface area (Å²) in [7, 11) is 0. The smallest absolute Gasteiger partial charge is 0.407 e. The summed E-state index contributed by atoms with van der Waals surface area (Å²) in [6.07, 6.45) is 8.48. The lowest BCUT2D eigenvalue weighted by atomic mass is 9.86. The van der Waals surface area contributed by atoms with E-state index in [-0.39, 0.29) is 0 Å². The molecule has 1 aromatic carbocycles. The highest BCUT2D eigenvalue weighted by Crippen LogP contribution is 2.30. The molecule has 4 heteroatoms. The molecule has 1 fully saturated rings. The Morgan fingerprint density at radius 3 is 2.46 bits per heavy atom. The highest BCUT2D eigenvalue weighted by molar-refractivity contribution is 5.71. The largest absolute Gasteiger partial charge is 0.490 e. The minimum absolute atomic E-state index is 0.358. The van der Waals surface area contributed by atoms with Crippen LogP contribution >= 0.6 is 0 Å². The van der Waals surface area contributed by atoms with Crippen molar-refractivity contribution in [3.05, 3.63) is 35.9 Å². The van der Waals surface area contributed by atoms with E-state index in [1.54, 1.807) is 0 Å². The molecule has 1 aromatic rings. The van der Waals surface area contributed by atoms with E-state index in [2.05, 4.69) is 19.1 Å². The van der Waals surface area contributed by atoms with Gasteiger partial charge in [0, 0.05) is 13.1 Å². The molecular formula is C20H27NO3. The van der Waals surface area contributed by atoms with Gasteiger partial charge in [-0.05, 0) is 61.3 Å². The van der Waals surface area contributed by atoms with Crippen LogP contribution in [0.15, 0.2) is 30.3 Å². The van der Waals surface area contributed by atoms with Crippen LogP contribution in [0.2, 0.25) is 0 Å². The Labute approximate surface area is 144 Å². The van der Waals surface area contributed by atoms with Gasteiger partial charge in [-0.25, -0.2) is 4.79 Å². The maximum Gasteiger partial charge on any atom is 0.407 e. The summed E-state index contributed by atoms with van der Waals surface area (Å²) in [5, 5.41) is 9.00. The first-order chi connectivity index (χ1) is 11.7. The van der Waals surface area contributed by atoms with Gasteiger partial charge in [0.05, 0.1) is 6.10 Å². The number of nitrogens with zero attached hydrogens (tertiary/aromatic N) is 1. The summed E-state index contributed by atoms with van der Waals surface area (Å²) in [6, 6.07) is 8.28. The van der Waals surface area contributed by atoms with E-state index in [0.29, 0.717) is 19.2 Å². The van der Waals surface area contributed by atoms with Gasteiger partial charge in [-0.3, -0.25) is 0 Å². The van der Waals surface area contributed by atoms with Crippen LogP contribution in [0, 0.1) is 5.92 Å². The fourth-order valence-electron chi connectivity index (χ4n) is 3.70. The molecule has 0 spiro atoms. The number of rotatable bonds is 4. The Hall–Kier alpha value is -1.97.